The normalized spacial score (nSPS) is 15.9. The number of aliphatic hydroxyl groups excluding tert-OH is 1. The van der Waals surface area contributed by atoms with Crippen molar-refractivity contribution in [2.45, 2.75) is 32.1 Å². The summed E-state index contributed by atoms with van der Waals surface area (Å²) in [4.78, 5) is 22.0. The first kappa shape index (κ1) is 26.7. The smallest absolute Gasteiger partial charge is 0.395 e. The first-order valence-corrected chi connectivity index (χ1v) is 12.7. The number of aryl methyl sites for hydroxylation is 1. The number of rotatable bonds is 7. The zero-order chi connectivity index (χ0) is 27.9. The van der Waals surface area contributed by atoms with E-state index in [9.17, 15) is 27.5 Å². The minimum atomic E-state index is -4.59. The number of aliphatic hydroxyl groups is 1. The van der Waals surface area contributed by atoms with E-state index in [1.807, 2.05) is 17.9 Å². The van der Waals surface area contributed by atoms with Gasteiger partial charge in [-0.15, -0.1) is 0 Å². The van der Waals surface area contributed by atoms with Crippen molar-refractivity contribution < 1.29 is 22.7 Å². The second-order valence-corrected chi connectivity index (χ2v) is 9.83. The van der Waals surface area contributed by atoms with Gasteiger partial charge in [0, 0.05) is 32.9 Å². The summed E-state index contributed by atoms with van der Waals surface area (Å²) < 4.78 is 59.1. The van der Waals surface area contributed by atoms with Crippen LogP contribution in [-0.2, 0) is 12.7 Å². The Hall–Kier alpha value is -3.86. The van der Waals surface area contributed by atoms with Gasteiger partial charge in [-0.05, 0) is 42.7 Å². The van der Waals surface area contributed by atoms with Crippen LogP contribution >= 0.6 is 0 Å². The molecule has 1 saturated heterocycles. The summed E-state index contributed by atoms with van der Waals surface area (Å²) in [5, 5.41) is 9.51. The van der Waals surface area contributed by atoms with Crippen LogP contribution in [0.25, 0.3) is 11.0 Å². The molecule has 0 aliphatic carbocycles. The van der Waals surface area contributed by atoms with Crippen LogP contribution in [0.2, 0.25) is 0 Å². The number of anilines is 2. The van der Waals surface area contributed by atoms with Gasteiger partial charge < -0.3 is 14.9 Å². The maximum Gasteiger partial charge on any atom is 0.416 e. The van der Waals surface area contributed by atoms with Gasteiger partial charge in [0.1, 0.15) is 11.3 Å². The van der Waals surface area contributed by atoms with Crippen LogP contribution in [0.3, 0.4) is 0 Å². The third-order valence-electron chi connectivity index (χ3n) is 7.33. The number of imidazole rings is 1. The molecule has 0 radical (unpaired) electrons. The molecule has 0 bridgehead atoms. The number of halogens is 4. The highest BCUT2D eigenvalue weighted by atomic mass is 19.4. The fourth-order valence-electron chi connectivity index (χ4n) is 5.53. The van der Waals surface area contributed by atoms with E-state index in [1.165, 1.54) is 28.8 Å². The van der Waals surface area contributed by atoms with Crippen molar-refractivity contribution in [2.75, 3.05) is 43.1 Å². The molecule has 0 saturated carbocycles. The molecule has 5 rings (SSSR count). The van der Waals surface area contributed by atoms with Crippen LogP contribution < -0.4 is 15.5 Å². The zero-order valence-corrected chi connectivity index (χ0v) is 21.6. The number of likely N-dealkylation sites (N-methyl/N-ethyl adjacent to an activating group) is 1. The lowest BCUT2D eigenvalue weighted by Crippen LogP contribution is -2.30. The topological polar surface area (TPSA) is 66.5 Å². The van der Waals surface area contributed by atoms with E-state index >= 15 is 0 Å². The number of hydrogen-bond donors (Lipinski definition) is 1. The summed E-state index contributed by atoms with van der Waals surface area (Å²) >= 11 is 0. The van der Waals surface area contributed by atoms with Crippen molar-refractivity contribution in [3.8, 4) is 0 Å². The van der Waals surface area contributed by atoms with E-state index in [0.717, 1.165) is 11.6 Å². The summed E-state index contributed by atoms with van der Waals surface area (Å²) in [6.07, 6.45) is -2.49. The van der Waals surface area contributed by atoms with Crippen LogP contribution in [0.15, 0.2) is 59.5 Å². The molecule has 39 heavy (non-hydrogen) atoms. The molecule has 1 aliphatic heterocycles. The van der Waals surface area contributed by atoms with Gasteiger partial charge in [-0.25, -0.2) is 14.2 Å². The molecule has 1 aliphatic rings. The van der Waals surface area contributed by atoms with Gasteiger partial charge in [0.15, 0.2) is 5.82 Å². The minimum absolute atomic E-state index is 0.0409. The van der Waals surface area contributed by atoms with Crippen molar-refractivity contribution >= 4 is 22.5 Å². The van der Waals surface area contributed by atoms with E-state index in [-0.39, 0.29) is 37.1 Å². The van der Waals surface area contributed by atoms with E-state index in [1.54, 1.807) is 34.8 Å². The summed E-state index contributed by atoms with van der Waals surface area (Å²) in [5.41, 5.74) is 0.861. The Bertz CT molecular complexity index is 1540. The number of nitrogens with zero attached hydrogens (tertiary/aromatic N) is 5. The molecule has 0 amide bonds. The predicted octanol–water partition coefficient (Wildman–Crippen LogP) is 4.59. The number of hydrogen-bond acceptors (Lipinski definition) is 5. The Morgan fingerprint density at radius 3 is 2.62 bits per heavy atom. The average molecular weight is 544 g/mol. The van der Waals surface area contributed by atoms with Gasteiger partial charge in [0.25, 0.3) is 0 Å². The molecule has 2 aromatic heterocycles. The van der Waals surface area contributed by atoms with Crippen LogP contribution in [-0.4, -0.2) is 52.5 Å². The second-order valence-electron chi connectivity index (χ2n) is 9.83. The number of aromatic nitrogens is 3. The highest BCUT2D eigenvalue weighted by Gasteiger charge is 2.35. The quantitative estimate of drug-likeness (QED) is 0.346. The second kappa shape index (κ2) is 10.4. The molecular formula is C28H29F4N5O2. The maximum atomic E-state index is 14.7. The van der Waals surface area contributed by atoms with Crippen molar-refractivity contribution in [2.24, 2.45) is 0 Å². The average Bonchev–Trinajstić information content (AvgIpc) is 3.46. The first-order chi connectivity index (χ1) is 18.6. The Balaban J connectivity index is 1.65. The molecule has 4 aromatic rings. The van der Waals surface area contributed by atoms with E-state index < -0.39 is 17.4 Å². The van der Waals surface area contributed by atoms with E-state index in [4.69, 9.17) is 0 Å². The monoisotopic (exact) mass is 543 g/mol. The number of alkyl halides is 3. The van der Waals surface area contributed by atoms with Crippen molar-refractivity contribution in [3.05, 3.63) is 87.7 Å². The van der Waals surface area contributed by atoms with Crippen molar-refractivity contribution in [1.29, 1.82) is 0 Å². The molecule has 2 aromatic carbocycles. The van der Waals surface area contributed by atoms with Crippen molar-refractivity contribution in [3.63, 3.8) is 0 Å². The molecule has 0 spiro atoms. The molecule has 0 unspecified atom stereocenters. The van der Waals surface area contributed by atoms with Crippen LogP contribution in [0, 0.1) is 12.7 Å². The summed E-state index contributed by atoms with van der Waals surface area (Å²) in [5.74, 6) is 0.0352. The van der Waals surface area contributed by atoms with Crippen molar-refractivity contribution in [1.82, 2.24) is 14.1 Å². The number of pyridine rings is 1. The van der Waals surface area contributed by atoms with E-state index in [2.05, 4.69) is 4.98 Å². The number of benzene rings is 2. The zero-order valence-electron chi connectivity index (χ0n) is 21.6. The lowest BCUT2D eigenvalue weighted by molar-refractivity contribution is -0.138. The Kier molecular flexibility index (Phi) is 7.11. The molecular weight excluding hydrogens is 514 g/mol. The largest absolute Gasteiger partial charge is 0.416 e. The lowest BCUT2D eigenvalue weighted by atomic mass is 10.1. The van der Waals surface area contributed by atoms with E-state index in [0.29, 0.717) is 42.0 Å². The van der Waals surface area contributed by atoms with Gasteiger partial charge in [0.2, 0.25) is 0 Å². The van der Waals surface area contributed by atoms with Crippen LogP contribution in [0.1, 0.15) is 29.2 Å². The maximum absolute atomic E-state index is 14.7. The molecule has 11 heteroatoms. The standard InChI is InChI=1S/C28H29F4N5O2/c1-18-6-5-9-22(29)24(18)35-13-11-20(17-35)37-23-10-12-33-26(34(2)14-15-38)25(23)36(27(37)39)16-19-7-3-4-8-21(19)28(30,31)32/h3-10,12,20,38H,11,13-17H2,1-2H3/t20-/m1/s1. The first-order valence-electron chi connectivity index (χ1n) is 12.7. The fraction of sp³-hybridized carbons (Fsp3) is 0.357. The Morgan fingerprint density at radius 1 is 1.13 bits per heavy atom. The van der Waals surface area contributed by atoms with Crippen LogP contribution in [0.5, 0.6) is 0 Å². The van der Waals surface area contributed by atoms with Gasteiger partial charge in [-0.2, -0.15) is 13.2 Å². The summed E-state index contributed by atoms with van der Waals surface area (Å²) in [7, 11) is 1.70. The summed E-state index contributed by atoms with van der Waals surface area (Å²) in [6, 6.07) is 11.4. The third kappa shape index (κ3) is 4.87. The SMILES string of the molecule is Cc1cccc(F)c1N1CC[C@@H](n2c(=O)n(Cc3ccccc3C(F)(F)F)c3c(N(C)CCO)nccc32)C1. The molecule has 1 N–H and O–H groups in total. The van der Waals surface area contributed by atoms with Gasteiger partial charge in [0.05, 0.1) is 36.0 Å². The predicted molar refractivity (Wildman–Crippen MR) is 142 cm³/mol. The summed E-state index contributed by atoms with van der Waals surface area (Å²) in [6.45, 7) is 2.45. The van der Waals surface area contributed by atoms with Gasteiger partial charge >= 0.3 is 11.9 Å². The highest BCUT2D eigenvalue weighted by Crippen LogP contribution is 2.35. The van der Waals surface area contributed by atoms with Crippen LogP contribution in [0.4, 0.5) is 29.1 Å². The molecule has 1 fully saturated rings. The number of para-hydroxylation sites is 1. The fourth-order valence-corrected chi connectivity index (χ4v) is 5.53. The molecule has 206 valence electrons. The Morgan fingerprint density at radius 2 is 1.90 bits per heavy atom. The van der Waals surface area contributed by atoms with Gasteiger partial charge in [-0.1, -0.05) is 30.3 Å². The lowest BCUT2D eigenvalue weighted by Gasteiger charge is -2.22. The third-order valence-corrected chi connectivity index (χ3v) is 7.33. The number of fused-ring (bicyclic) bond motifs is 1. The molecule has 1 atom stereocenters. The minimum Gasteiger partial charge on any atom is -0.395 e. The van der Waals surface area contributed by atoms with Gasteiger partial charge in [-0.3, -0.25) is 9.13 Å². The highest BCUT2D eigenvalue weighted by molar-refractivity contribution is 5.87. The Labute approximate surface area is 222 Å². The molecule has 7 nitrogen and oxygen atoms in total. The molecule has 3 heterocycles.